The highest BCUT2D eigenvalue weighted by Crippen LogP contribution is 2.51. The Hall–Kier alpha value is -3.41. The third-order valence-electron chi connectivity index (χ3n) is 5.65. The van der Waals surface area contributed by atoms with Crippen LogP contribution < -0.4 is 10.2 Å². The highest BCUT2D eigenvalue weighted by atomic mass is 16.2. The Morgan fingerprint density at radius 2 is 1.70 bits per heavy atom. The molecule has 27 heavy (non-hydrogen) atoms. The first-order chi connectivity index (χ1) is 13.0. The molecule has 2 aromatic carbocycles. The number of benzene rings is 2. The molecule has 3 heterocycles. The summed E-state index contributed by atoms with van der Waals surface area (Å²) in [7, 11) is 1.76. The molecular formula is C21H18N4O2. The molecule has 134 valence electrons. The second-order valence-electron chi connectivity index (χ2n) is 7.12. The van der Waals surface area contributed by atoms with Gasteiger partial charge in [0.25, 0.3) is 0 Å². The van der Waals surface area contributed by atoms with Crippen molar-refractivity contribution in [2.24, 2.45) is 0 Å². The van der Waals surface area contributed by atoms with Crippen LogP contribution in [0.1, 0.15) is 23.1 Å². The molecule has 0 saturated heterocycles. The summed E-state index contributed by atoms with van der Waals surface area (Å²) in [6, 6.07) is 15.5. The standard InChI is InChI=1S/C21H18N4O2/c1-13-7-3-5-9-16(13)25-19-15(12-22-25)21(11-18(26)23-19)14-8-4-6-10-17(14)24(2)20(21)27/h3-10,12H,11H2,1-2H3,(H,23,26)/t21-/m0/s1. The summed E-state index contributed by atoms with van der Waals surface area (Å²) in [4.78, 5) is 27.7. The van der Waals surface area contributed by atoms with E-state index in [1.165, 1.54) is 0 Å². The summed E-state index contributed by atoms with van der Waals surface area (Å²) in [6.07, 6.45) is 1.80. The lowest BCUT2D eigenvalue weighted by Crippen LogP contribution is -2.45. The van der Waals surface area contributed by atoms with E-state index in [0.717, 1.165) is 28.1 Å². The predicted molar refractivity (Wildman–Crippen MR) is 102 cm³/mol. The van der Waals surface area contributed by atoms with Gasteiger partial charge in [-0.1, -0.05) is 36.4 Å². The van der Waals surface area contributed by atoms with Gasteiger partial charge in [0.05, 0.1) is 11.9 Å². The van der Waals surface area contributed by atoms with Gasteiger partial charge in [-0.15, -0.1) is 0 Å². The Bertz CT molecular complexity index is 1120. The lowest BCUT2D eigenvalue weighted by atomic mass is 9.72. The molecule has 6 heteroatoms. The number of hydrogen-bond donors (Lipinski definition) is 1. The largest absolute Gasteiger partial charge is 0.314 e. The Kier molecular flexibility index (Phi) is 3.10. The molecule has 2 aliphatic rings. The van der Waals surface area contributed by atoms with Gasteiger partial charge in [-0.3, -0.25) is 9.59 Å². The number of aryl methyl sites for hydroxylation is 1. The van der Waals surface area contributed by atoms with Crippen LogP contribution in [0.25, 0.3) is 5.69 Å². The van der Waals surface area contributed by atoms with E-state index in [0.29, 0.717) is 5.82 Å². The maximum atomic E-state index is 13.4. The summed E-state index contributed by atoms with van der Waals surface area (Å²) in [5.41, 5.74) is 3.33. The van der Waals surface area contributed by atoms with Crippen LogP contribution in [-0.2, 0) is 15.0 Å². The SMILES string of the molecule is Cc1ccccc1-n1ncc2c1NC(=O)C[C@@]21C(=O)N(C)c2ccccc21. The van der Waals surface area contributed by atoms with Crippen LogP contribution in [0.2, 0.25) is 0 Å². The maximum absolute atomic E-state index is 13.4. The number of likely N-dealkylation sites (N-methyl/N-ethyl adjacent to an activating group) is 1. The van der Waals surface area contributed by atoms with Gasteiger partial charge in [-0.25, -0.2) is 4.68 Å². The minimum atomic E-state index is -1.02. The highest BCUT2D eigenvalue weighted by Gasteiger charge is 2.56. The average Bonchev–Trinajstić information content (AvgIpc) is 3.17. The number of rotatable bonds is 1. The molecule has 0 unspecified atom stereocenters. The Labute approximate surface area is 156 Å². The van der Waals surface area contributed by atoms with Crippen molar-refractivity contribution in [1.29, 1.82) is 0 Å². The van der Waals surface area contributed by atoms with Crippen LogP contribution in [0.4, 0.5) is 11.5 Å². The first-order valence-electron chi connectivity index (χ1n) is 8.86. The van der Waals surface area contributed by atoms with E-state index in [-0.39, 0.29) is 18.2 Å². The number of fused-ring (bicyclic) bond motifs is 4. The summed E-state index contributed by atoms with van der Waals surface area (Å²) >= 11 is 0. The van der Waals surface area contributed by atoms with Gasteiger partial charge in [0.2, 0.25) is 11.8 Å². The second-order valence-corrected chi connectivity index (χ2v) is 7.12. The van der Waals surface area contributed by atoms with Crippen molar-refractivity contribution in [3.05, 3.63) is 71.4 Å². The number of nitrogens with one attached hydrogen (secondary N) is 1. The molecule has 0 saturated carbocycles. The molecule has 1 N–H and O–H groups in total. The van der Waals surface area contributed by atoms with Crippen LogP contribution in [0.15, 0.2) is 54.7 Å². The fraction of sp³-hybridized carbons (Fsp3) is 0.190. The average molecular weight is 358 g/mol. The number of aromatic nitrogens is 2. The second kappa shape index (κ2) is 5.30. The van der Waals surface area contributed by atoms with E-state index in [2.05, 4.69) is 10.4 Å². The Morgan fingerprint density at radius 1 is 1.00 bits per heavy atom. The topological polar surface area (TPSA) is 67.2 Å². The molecule has 1 spiro atoms. The quantitative estimate of drug-likeness (QED) is 0.727. The van der Waals surface area contributed by atoms with Gasteiger partial charge in [0, 0.05) is 24.7 Å². The fourth-order valence-electron chi connectivity index (χ4n) is 4.35. The van der Waals surface area contributed by atoms with E-state index in [1.807, 2.05) is 55.5 Å². The number of carbonyl (C=O) groups is 2. The van der Waals surface area contributed by atoms with Gasteiger partial charge in [-0.05, 0) is 30.2 Å². The predicted octanol–water partition coefficient (Wildman–Crippen LogP) is 2.79. The van der Waals surface area contributed by atoms with Crippen molar-refractivity contribution >= 4 is 23.3 Å². The smallest absolute Gasteiger partial charge is 0.242 e. The van der Waals surface area contributed by atoms with E-state index in [1.54, 1.807) is 22.8 Å². The number of hydrogen-bond acceptors (Lipinski definition) is 3. The highest BCUT2D eigenvalue weighted by molar-refractivity contribution is 6.15. The number of anilines is 2. The zero-order valence-electron chi connectivity index (χ0n) is 15.1. The molecule has 0 fully saturated rings. The number of para-hydroxylation sites is 2. The molecule has 5 rings (SSSR count). The molecule has 1 atom stereocenters. The Morgan fingerprint density at radius 3 is 2.48 bits per heavy atom. The van der Waals surface area contributed by atoms with Crippen LogP contribution in [0, 0.1) is 6.92 Å². The molecule has 3 aromatic rings. The van der Waals surface area contributed by atoms with Crippen LogP contribution in [-0.4, -0.2) is 28.6 Å². The molecular weight excluding hydrogens is 340 g/mol. The lowest BCUT2D eigenvalue weighted by Gasteiger charge is -2.32. The zero-order chi connectivity index (χ0) is 18.8. The minimum Gasteiger partial charge on any atom is -0.314 e. The third-order valence-corrected chi connectivity index (χ3v) is 5.65. The number of carbonyl (C=O) groups excluding carboxylic acids is 2. The first kappa shape index (κ1) is 15.8. The maximum Gasteiger partial charge on any atom is 0.242 e. The van der Waals surface area contributed by atoms with Crippen LogP contribution in [0.3, 0.4) is 0 Å². The van der Waals surface area contributed by atoms with Crippen molar-refractivity contribution < 1.29 is 9.59 Å². The fourth-order valence-corrected chi connectivity index (χ4v) is 4.35. The molecule has 2 amide bonds. The normalized spacial score (nSPS) is 20.6. The van der Waals surface area contributed by atoms with Crippen molar-refractivity contribution in [1.82, 2.24) is 9.78 Å². The van der Waals surface area contributed by atoms with Gasteiger partial charge < -0.3 is 10.2 Å². The van der Waals surface area contributed by atoms with Gasteiger partial charge in [0.15, 0.2) is 0 Å². The van der Waals surface area contributed by atoms with Gasteiger partial charge in [0.1, 0.15) is 11.2 Å². The minimum absolute atomic E-state index is 0.0830. The zero-order valence-corrected chi connectivity index (χ0v) is 15.1. The summed E-state index contributed by atoms with van der Waals surface area (Å²) in [5, 5.41) is 7.49. The van der Waals surface area contributed by atoms with E-state index < -0.39 is 5.41 Å². The lowest BCUT2D eigenvalue weighted by molar-refractivity contribution is -0.126. The van der Waals surface area contributed by atoms with Crippen molar-refractivity contribution in [3.63, 3.8) is 0 Å². The molecule has 2 aliphatic heterocycles. The summed E-state index contributed by atoms with van der Waals surface area (Å²) in [6.45, 7) is 1.99. The monoisotopic (exact) mass is 358 g/mol. The Balaban J connectivity index is 1.80. The van der Waals surface area contributed by atoms with Gasteiger partial charge >= 0.3 is 0 Å². The van der Waals surface area contributed by atoms with Crippen molar-refractivity contribution in [2.75, 3.05) is 17.3 Å². The van der Waals surface area contributed by atoms with Crippen molar-refractivity contribution in [2.45, 2.75) is 18.8 Å². The van der Waals surface area contributed by atoms with Crippen molar-refractivity contribution in [3.8, 4) is 5.69 Å². The molecule has 1 aromatic heterocycles. The molecule has 6 nitrogen and oxygen atoms in total. The molecule has 0 radical (unpaired) electrons. The first-order valence-corrected chi connectivity index (χ1v) is 8.86. The third kappa shape index (κ3) is 1.92. The van der Waals surface area contributed by atoms with Crippen LogP contribution in [0.5, 0.6) is 0 Å². The van der Waals surface area contributed by atoms with E-state index in [9.17, 15) is 9.59 Å². The number of nitrogens with zero attached hydrogens (tertiary/aromatic N) is 3. The summed E-state index contributed by atoms with van der Waals surface area (Å²) < 4.78 is 1.72. The van der Waals surface area contributed by atoms with E-state index in [4.69, 9.17) is 0 Å². The molecule has 0 bridgehead atoms. The van der Waals surface area contributed by atoms with Crippen LogP contribution >= 0.6 is 0 Å². The van der Waals surface area contributed by atoms with E-state index >= 15 is 0 Å². The molecule has 0 aliphatic carbocycles. The van der Waals surface area contributed by atoms with Gasteiger partial charge in [-0.2, -0.15) is 5.10 Å². The summed E-state index contributed by atoms with van der Waals surface area (Å²) in [5.74, 6) is 0.291. The number of amides is 2.